The van der Waals surface area contributed by atoms with E-state index in [4.69, 9.17) is 23.1 Å². The SMILES string of the molecule is CN[C@@H]1CCN(c2nc(N)nc(N)c2-c2ccc(F)c(Cl)c2)C1. The fourth-order valence-corrected chi connectivity index (χ4v) is 3.01. The number of nitrogen functional groups attached to an aromatic ring is 2. The van der Waals surface area contributed by atoms with Gasteiger partial charge in [-0.15, -0.1) is 0 Å². The Morgan fingerprint density at radius 3 is 2.78 bits per heavy atom. The third kappa shape index (κ3) is 3.02. The summed E-state index contributed by atoms with van der Waals surface area (Å²) in [6, 6.07) is 4.81. The third-order valence-electron chi connectivity index (χ3n) is 4.04. The third-order valence-corrected chi connectivity index (χ3v) is 4.33. The van der Waals surface area contributed by atoms with Crippen molar-refractivity contribution in [2.75, 3.05) is 36.5 Å². The van der Waals surface area contributed by atoms with Crippen LogP contribution in [0.1, 0.15) is 6.42 Å². The van der Waals surface area contributed by atoms with Gasteiger partial charge in [-0.3, -0.25) is 0 Å². The fourth-order valence-electron chi connectivity index (χ4n) is 2.83. The molecule has 0 saturated carbocycles. The van der Waals surface area contributed by atoms with E-state index in [1.807, 2.05) is 7.05 Å². The number of halogens is 2. The van der Waals surface area contributed by atoms with Gasteiger partial charge in [0.1, 0.15) is 17.5 Å². The van der Waals surface area contributed by atoms with Gasteiger partial charge < -0.3 is 21.7 Å². The lowest BCUT2D eigenvalue weighted by Crippen LogP contribution is -2.30. The summed E-state index contributed by atoms with van der Waals surface area (Å²) in [5.41, 5.74) is 13.1. The Balaban J connectivity index is 2.10. The van der Waals surface area contributed by atoms with Crippen LogP contribution >= 0.6 is 11.6 Å². The van der Waals surface area contributed by atoms with Gasteiger partial charge in [0.15, 0.2) is 0 Å². The Morgan fingerprint density at radius 2 is 2.13 bits per heavy atom. The first kappa shape index (κ1) is 15.8. The van der Waals surface area contributed by atoms with E-state index in [0.717, 1.165) is 19.5 Å². The predicted octanol–water partition coefficient (Wildman–Crippen LogP) is 1.90. The van der Waals surface area contributed by atoms with E-state index in [9.17, 15) is 4.39 Å². The average molecular weight is 337 g/mol. The highest BCUT2D eigenvalue weighted by Crippen LogP contribution is 2.37. The highest BCUT2D eigenvalue weighted by atomic mass is 35.5. The van der Waals surface area contributed by atoms with Crippen LogP contribution in [0.2, 0.25) is 5.02 Å². The molecule has 0 unspecified atom stereocenters. The normalized spacial score (nSPS) is 17.7. The average Bonchev–Trinajstić information content (AvgIpc) is 2.98. The molecule has 6 nitrogen and oxygen atoms in total. The molecule has 0 spiro atoms. The molecule has 0 radical (unpaired) electrons. The molecule has 5 N–H and O–H groups in total. The summed E-state index contributed by atoms with van der Waals surface area (Å²) in [6.45, 7) is 1.61. The second kappa shape index (κ2) is 6.17. The molecule has 1 aliphatic rings. The molecule has 23 heavy (non-hydrogen) atoms. The zero-order chi connectivity index (χ0) is 16.6. The summed E-state index contributed by atoms with van der Waals surface area (Å²) in [4.78, 5) is 10.5. The molecule has 8 heteroatoms. The first-order valence-electron chi connectivity index (χ1n) is 7.30. The second-order valence-corrected chi connectivity index (χ2v) is 5.92. The molecule has 2 heterocycles. The van der Waals surface area contributed by atoms with Crippen molar-refractivity contribution in [1.82, 2.24) is 15.3 Å². The number of hydrogen-bond acceptors (Lipinski definition) is 6. The Morgan fingerprint density at radius 1 is 1.35 bits per heavy atom. The summed E-state index contributed by atoms with van der Waals surface area (Å²) < 4.78 is 13.4. The van der Waals surface area contributed by atoms with Crippen molar-refractivity contribution >= 4 is 29.2 Å². The minimum Gasteiger partial charge on any atom is -0.383 e. The van der Waals surface area contributed by atoms with E-state index < -0.39 is 5.82 Å². The summed E-state index contributed by atoms with van der Waals surface area (Å²) in [6.07, 6.45) is 0.990. The van der Waals surface area contributed by atoms with Gasteiger partial charge in [0, 0.05) is 19.1 Å². The molecule has 1 aromatic heterocycles. The highest BCUT2D eigenvalue weighted by Gasteiger charge is 2.26. The number of hydrogen-bond donors (Lipinski definition) is 3. The first-order valence-corrected chi connectivity index (χ1v) is 7.68. The van der Waals surface area contributed by atoms with Crippen LogP contribution in [0.15, 0.2) is 18.2 Å². The number of nitrogens with two attached hydrogens (primary N) is 2. The van der Waals surface area contributed by atoms with Crippen LogP contribution in [0.25, 0.3) is 11.1 Å². The molecule has 1 saturated heterocycles. The lowest BCUT2D eigenvalue weighted by Gasteiger charge is -2.22. The maximum absolute atomic E-state index is 13.4. The number of anilines is 3. The van der Waals surface area contributed by atoms with Crippen LogP contribution in [0, 0.1) is 5.82 Å². The zero-order valence-corrected chi connectivity index (χ0v) is 13.4. The minimum atomic E-state index is -0.483. The van der Waals surface area contributed by atoms with Gasteiger partial charge in [0.2, 0.25) is 5.95 Å². The van der Waals surface area contributed by atoms with Crippen LogP contribution in [0.4, 0.5) is 22.0 Å². The van der Waals surface area contributed by atoms with E-state index >= 15 is 0 Å². The highest BCUT2D eigenvalue weighted by molar-refractivity contribution is 6.31. The summed E-state index contributed by atoms with van der Waals surface area (Å²) in [7, 11) is 1.93. The van der Waals surface area contributed by atoms with Crippen molar-refractivity contribution in [1.29, 1.82) is 0 Å². The summed E-state index contributed by atoms with van der Waals surface area (Å²) in [5, 5.41) is 3.28. The van der Waals surface area contributed by atoms with Crippen LogP contribution in [0.3, 0.4) is 0 Å². The van der Waals surface area contributed by atoms with E-state index in [-0.39, 0.29) is 16.8 Å². The first-order chi connectivity index (χ1) is 11.0. The molecular formula is C15H18ClFN6. The van der Waals surface area contributed by atoms with Gasteiger partial charge in [-0.1, -0.05) is 17.7 Å². The van der Waals surface area contributed by atoms with Crippen LogP contribution in [0.5, 0.6) is 0 Å². The van der Waals surface area contributed by atoms with Gasteiger partial charge in [0.25, 0.3) is 0 Å². The molecule has 0 bridgehead atoms. The van der Waals surface area contributed by atoms with Crippen LogP contribution < -0.4 is 21.7 Å². The van der Waals surface area contributed by atoms with E-state index in [0.29, 0.717) is 23.0 Å². The van der Waals surface area contributed by atoms with Gasteiger partial charge in [-0.25, -0.2) is 4.39 Å². The van der Waals surface area contributed by atoms with Crippen molar-refractivity contribution in [3.63, 3.8) is 0 Å². The Kier molecular flexibility index (Phi) is 4.23. The van der Waals surface area contributed by atoms with Gasteiger partial charge in [-0.05, 0) is 31.2 Å². The lowest BCUT2D eigenvalue weighted by molar-refractivity contribution is 0.616. The maximum Gasteiger partial charge on any atom is 0.223 e. The summed E-state index contributed by atoms with van der Waals surface area (Å²) in [5.74, 6) is 0.532. The van der Waals surface area contributed by atoms with E-state index in [1.54, 1.807) is 6.07 Å². The zero-order valence-electron chi connectivity index (χ0n) is 12.7. The maximum atomic E-state index is 13.4. The molecule has 1 aromatic carbocycles. The van der Waals surface area contributed by atoms with Crippen molar-refractivity contribution in [2.45, 2.75) is 12.5 Å². The molecule has 122 valence electrons. The molecule has 0 aliphatic carbocycles. The van der Waals surface area contributed by atoms with Crippen LogP contribution in [-0.4, -0.2) is 36.1 Å². The smallest absolute Gasteiger partial charge is 0.223 e. The standard InChI is InChI=1S/C15H18ClFN6/c1-20-9-4-5-23(7-9)14-12(13(18)21-15(19)22-14)8-2-3-11(17)10(16)6-8/h2-3,6,9,20H,4-5,7H2,1H3,(H4,18,19,21,22)/t9-/m1/s1. The topological polar surface area (TPSA) is 93.1 Å². The lowest BCUT2D eigenvalue weighted by atomic mass is 10.1. The largest absolute Gasteiger partial charge is 0.383 e. The Bertz CT molecular complexity index is 738. The molecule has 2 aromatic rings. The summed E-state index contributed by atoms with van der Waals surface area (Å²) >= 11 is 5.90. The Hall–Kier alpha value is -2.12. The second-order valence-electron chi connectivity index (χ2n) is 5.51. The monoisotopic (exact) mass is 336 g/mol. The molecule has 1 aliphatic heterocycles. The number of aromatic nitrogens is 2. The molecule has 3 rings (SSSR count). The van der Waals surface area contributed by atoms with Crippen molar-refractivity contribution < 1.29 is 4.39 Å². The van der Waals surface area contributed by atoms with E-state index in [2.05, 4.69) is 20.2 Å². The number of rotatable bonds is 3. The fraction of sp³-hybridized carbons (Fsp3) is 0.333. The van der Waals surface area contributed by atoms with Gasteiger partial charge in [-0.2, -0.15) is 9.97 Å². The number of likely N-dealkylation sites (N-methyl/N-ethyl adjacent to an activating group) is 1. The minimum absolute atomic E-state index is 0.0270. The van der Waals surface area contributed by atoms with Crippen molar-refractivity contribution in [3.05, 3.63) is 29.0 Å². The van der Waals surface area contributed by atoms with Crippen molar-refractivity contribution in [3.8, 4) is 11.1 Å². The number of nitrogens with one attached hydrogen (secondary N) is 1. The Labute approximate surface area is 138 Å². The quantitative estimate of drug-likeness (QED) is 0.792. The van der Waals surface area contributed by atoms with Crippen molar-refractivity contribution in [2.24, 2.45) is 0 Å². The molecule has 1 fully saturated rings. The molecule has 0 amide bonds. The van der Waals surface area contributed by atoms with Crippen LogP contribution in [-0.2, 0) is 0 Å². The molecule has 1 atom stereocenters. The van der Waals surface area contributed by atoms with E-state index in [1.165, 1.54) is 12.1 Å². The van der Waals surface area contributed by atoms with Gasteiger partial charge in [0.05, 0.1) is 10.6 Å². The number of nitrogens with zero attached hydrogens (tertiary/aromatic N) is 3. The predicted molar refractivity (Wildman–Crippen MR) is 90.9 cm³/mol. The number of benzene rings is 1. The molecular weight excluding hydrogens is 319 g/mol. The van der Waals surface area contributed by atoms with Gasteiger partial charge >= 0.3 is 0 Å².